The standard InChI is InChI=1S/C43H28N2S/c1-2-7-29(8-3-1)30-17-21-35(22-18-30)45(40-11-6-12-41-43(40)38-25-26-44-28-42(38)46-41)36-23-19-31(20-24-36)34-16-15-33-14-13-32-9-4-5-10-37(32)39(33)27-34/h1-28H. The van der Waals surface area contributed by atoms with Crippen molar-refractivity contribution in [2.75, 3.05) is 4.90 Å². The van der Waals surface area contributed by atoms with Crippen LogP contribution in [0.25, 0.3) is 64.0 Å². The van der Waals surface area contributed by atoms with E-state index >= 15 is 0 Å². The minimum Gasteiger partial charge on any atom is -0.310 e. The molecule has 0 saturated carbocycles. The van der Waals surface area contributed by atoms with Gasteiger partial charge in [-0.2, -0.15) is 0 Å². The Morgan fingerprint density at radius 3 is 1.85 bits per heavy atom. The van der Waals surface area contributed by atoms with Gasteiger partial charge in [-0.05, 0) is 92.3 Å². The Kier molecular flexibility index (Phi) is 6.36. The molecular formula is C43H28N2S. The summed E-state index contributed by atoms with van der Waals surface area (Å²) in [5, 5.41) is 7.58. The number of nitrogens with zero attached hydrogens (tertiary/aromatic N) is 2. The molecule has 0 spiro atoms. The number of aromatic nitrogens is 1. The van der Waals surface area contributed by atoms with Crippen LogP contribution in [0.2, 0.25) is 0 Å². The molecule has 2 aromatic heterocycles. The van der Waals surface area contributed by atoms with Gasteiger partial charge in [0, 0.05) is 39.2 Å². The lowest BCUT2D eigenvalue weighted by Gasteiger charge is -2.27. The van der Waals surface area contributed by atoms with Gasteiger partial charge >= 0.3 is 0 Å². The van der Waals surface area contributed by atoms with Gasteiger partial charge in [-0.1, -0.05) is 109 Å². The molecule has 3 heteroatoms. The normalized spacial score (nSPS) is 11.5. The zero-order chi connectivity index (χ0) is 30.5. The summed E-state index contributed by atoms with van der Waals surface area (Å²) in [6.07, 6.45) is 3.87. The van der Waals surface area contributed by atoms with E-state index in [0.29, 0.717) is 0 Å². The van der Waals surface area contributed by atoms with E-state index in [4.69, 9.17) is 0 Å². The molecule has 216 valence electrons. The Morgan fingerprint density at radius 1 is 0.435 bits per heavy atom. The molecule has 7 aromatic carbocycles. The highest BCUT2D eigenvalue weighted by Crippen LogP contribution is 2.45. The third-order valence-electron chi connectivity index (χ3n) is 8.96. The van der Waals surface area contributed by atoms with E-state index in [2.05, 4.69) is 168 Å². The summed E-state index contributed by atoms with van der Waals surface area (Å²) in [5.41, 5.74) is 8.22. The Morgan fingerprint density at radius 2 is 1.07 bits per heavy atom. The summed E-state index contributed by atoms with van der Waals surface area (Å²) in [5.74, 6) is 0. The van der Waals surface area contributed by atoms with Gasteiger partial charge in [0.05, 0.1) is 10.4 Å². The quantitative estimate of drug-likeness (QED) is 0.182. The van der Waals surface area contributed by atoms with Crippen molar-refractivity contribution in [3.63, 3.8) is 0 Å². The molecule has 0 atom stereocenters. The van der Waals surface area contributed by atoms with Gasteiger partial charge in [0.2, 0.25) is 0 Å². The number of anilines is 3. The molecular weight excluding hydrogens is 577 g/mol. The lowest BCUT2D eigenvalue weighted by atomic mass is 9.97. The van der Waals surface area contributed by atoms with Gasteiger partial charge in [-0.15, -0.1) is 11.3 Å². The molecule has 2 heterocycles. The van der Waals surface area contributed by atoms with Crippen LogP contribution >= 0.6 is 11.3 Å². The summed E-state index contributed by atoms with van der Waals surface area (Å²) in [4.78, 5) is 6.80. The van der Waals surface area contributed by atoms with Crippen molar-refractivity contribution < 1.29 is 0 Å². The van der Waals surface area contributed by atoms with Crippen LogP contribution in [0.15, 0.2) is 170 Å². The Balaban J connectivity index is 1.18. The maximum atomic E-state index is 4.41. The van der Waals surface area contributed by atoms with E-state index in [-0.39, 0.29) is 0 Å². The number of pyridine rings is 1. The van der Waals surface area contributed by atoms with Crippen molar-refractivity contribution in [2.45, 2.75) is 0 Å². The van der Waals surface area contributed by atoms with E-state index in [1.165, 1.54) is 64.0 Å². The minimum atomic E-state index is 1.11. The van der Waals surface area contributed by atoms with Crippen molar-refractivity contribution in [2.24, 2.45) is 0 Å². The van der Waals surface area contributed by atoms with E-state index in [9.17, 15) is 0 Å². The number of hydrogen-bond donors (Lipinski definition) is 0. The molecule has 0 aliphatic carbocycles. The lowest BCUT2D eigenvalue weighted by Crippen LogP contribution is -2.10. The van der Waals surface area contributed by atoms with Crippen LogP contribution in [0.5, 0.6) is 0 Å². The number of hydrogen-bond acceptors (Lipinski definition) is 3. The number of benzene rings is 7. The van der Waals surface area contributed by atoms with Crippen LogP contribution in [0, 0.1) is 0 Å². The van der Waals surface area contributed by atoms with Crippen molar-refractivity contribution in [3.05, 3.63) is 170 Å². The zero-order valence-corrected chi connectivity index (χ0v) is 25.8. The van der Waals surface area contributed by atoms with Crippen LogP contribution in [0.3, 0.4) is 0 Å². The van der Waals surface area contributed by atoms with Gasteiger partial charge in [0.15, 0.2) is 0 Å². The van der Waals surface area contributed by atoms with E-state index in [0.717, 1.165) is 17.1 Å². The highest BCUT2D eigenvalue weighted by molar-refractivity contribution is 7.25. The fourth-order valence-electron chi connectivity index (χ4n) is 6.69. The molecule has 0 aliphatic rings. The topological polar surface area (TPSA) is 16.1 Å². The van der Waals surface area contributed by atoms with Crippen LogP contribution < -0.4 is 4.90 Å². The van der Waals surface area contributed by atoms with E-state index < -0.39 is 0 Å². The number of fused-ring (bicyclic) bond motifs is 6. The van der Waals surface area contributed by atoms with Crippen LogP contribution in [-0.2, 0) is 0 Å². The third-order valence-corrected chi connectivity index (χ3v) is 10.1. The van der Waals surface area contributed by atoms with Crippen molar-refractivity contribution >= 4 is 70.1 Å². The molecule has 0 aliphatic heterocycles. The van der Waals surface area contributed by atoms with Crippen LogP contribution in [0.1, 0.15) is 0 Å². The molecule has 0 fully saturated rings. The van der Waals surface area contributed by atoms with Crippen molar-refractivity contribution in [3.8, 4) is 22.3 Å². The van der Waals surface area contributed by atoms with Gasteiger partial charge in [-0.3, -0.25) is 4.98 Å². The first kappa shape index (κ1) is 26.6. The summed E-state index contributed by atoms with van der Waals surface area (Å²) in [7, 11) is 0. The minimum absolute atomic E-state index is 1.11. The second kappa shape index (κ2) is 11.0. The highest BCUT2D eigenvalue weighted by Gasteiger charge is 2.19. The molecule has 0 unspecified atom stereocenters. The average Bonchev–Trinajstić information content (AvgIpc) is 3.52. The van der Waals surface area contributed by atoms with E-state index in [1.54, 1.807) is 11.3 Å². The smallest absolute Gasteiger partial charge is 0.0554 e. The monoisotopic (exact) mass is 604 g/mol. The fourth-order valence-corrected chi connectivity index (χ4v) is 7.79. The molecule has 9 aromatic rings. The fraction of sp³-hybridized carbons (Fsp3) is 0. The lowest BCUT2D eigenvalue weighted by molar-refractivity contribution is 1.30. The summed E-state index contributed by atoms with van der Waals surface area (Å²) >= 11 is 1.80. The van der Waals surface area contributed by atoms with E-state index in [1.807, 2.05) is 12.4 Å². The van der Waals surface area contributed by atoms with Crippen molar-refractivity contribution in [1.82, 2.24) is 4.98 Å². The summed E-state index contributed by atoms with van der Waals surface area (Å²) in [6, 6.07) is 57.1. The highest BCUT2D eigenvalue weighted by atomic mass is 32.1. The third kappa shape index (κ3) is 4.52. The molecule has 9 rings (SSSR count). The SMILES string of the molecule is c1ccc(-c2ccc(N(c3ccc(-c4ccc5ccc6ccccc6c5c4)cc3)c3cccc4sc5cnccc5c34)cc2)cc1. The van der Waals surface area contributed by atoms with Crippen molar-refractivity contribution in [1.29, 1.82) is 0 Å². The van der Waals surface area contributed by atoms with Gasteiger partial charge < -0.3 is 4.90 Å². The second-order valence-corrected chi connectivity index (χ2v) is 12.7. The molecule has 46 heavy (non-hydrogen) atoms. The van der Waals surface area contributed by atoms with Crippen LogP contribution in [0.4, 0.5) is 17.1 Å². The maximum Gasteiger partial charge on any atom is 0.0554 e. The Hall–Kier alpha value is -5.77. The summed E-state index contributed by atoms with van der Waals surface area (Å²) < 4.78 is 2.45. The maximum absolute atomic E-state index is 4.41. The first-order valence-electron chi connectivity index (χ1n) is 15.5. The Labute approximate surface area is 271 Å². The average molecular weight is 605 g/mol. The zero-order valence-electron chi connectivity index (χ0n) is 25.0. The first-order valence-corrected chi connectivity index (χ1v) is 16.3. The largest absolute Gasteiger partial charge is 0.310 e. The summed E-state index contributed by atoms with van der Waals surface area (Å²) in [6.45, 7) is 0. The molecule has 0 saturated heterocycles. The van der Waals surface area contributed by atoms with Crippen LogP contribution in [-0.4, -0.2) is 4.98 Å². The number of thiophene rings is 1. The second-order valence-electron chi connectivity index (χ2n) is 11.6. The van der Waals surface area contributed by atoms with Gasteiger partial charge in [-0.25, -0.2) is 0 Å². The predicted molar refractivity (Wildman–Crippen MR) is 198 cm³/mol. The molecule has 2 nitrogen and oxygen atoms in total. The van der Waals surface area contributed by atoms with Gasteiger partial charge in [0.25, 0.3) is 0 Å². The molecule has 0 N–H and O–H groups in total. The molecule has 0 radical (unpaired) electrons. The number of rotatable bonds is 5. The first-order chi connectivity index (χ1) is 22.8. The Bertz CT molecular complexity index is 2510. The molecule has 0 amide bonds. The molecule has 0 bridgehead atoms. The van der Waals surface area contributed by atoms with Gasteiger partial charge in [0.1, 0.15) is 0 Å². The predicted octanol–water partition coefficient (Wildman–Crippen LogP) is 12.6.